The van der Waals surface area contributed by atoms with Gasteiger partial charge >= 0.3 is 0 Å². The fraction of sp³-hybridized carbons (Fsp3) is 0. The van der Waals surface area contributed by atoms with Gasteiger partial charge in [-0.15, -0.1) is 0 Å². The molecule has 0 spiro atoms. The van der Waals surface area contributed by atoms with E-state index in [1.807, 2.05) is 61.0 Å². The highest BCUT2D eigenvalue weighted by atomic mass is 16.5. The largest absolute Gasteiger partial charge is 0.457 e. The summed E-state index contributed by atoms with van der Waals surface area (Å²) in [5.74, 6) is 1.51. The highest BCUT2D eigenvalue weighted by molar-refractivity contribution is 6.14. The minimum atomic E-state index is 0.753. The van der Waals surface area contributed by atoms with Crippen molar-refractivity contribution in [1.29, 1.82) is 0 Å². The first-order valence-corrected chi connectivity index (χ1v) is 15.1. The van der Waals surface area contributed by atoms with E-state index in [4.69, 9.17) is 14.7 Å². The van der Waals surface area contributed by atoms with E-state index in [-0.39, 0.29) is 0 Å². The fourth-order valence-corrected chi connectivity index (χ4v) is 5.99. The van der Waals surface area contributed by atoms with Gasteiger partial charge < -0.3 is 4.74 Å². The van der Waals surface area contributed by atoms with E-state index in [9.17, 15) is 0 Å². The molecule has 212 valence electrons. The van der Waals surface area contributed by atoms with Gasteiger partial charge in [-0.05, 0) is 104 Å². The topological polar surface area (TPSA) is 34.0 Å². The second-order valence-electron chi connectivity index (χ2n) is 11.1. The van der Waals surface area contributed by atoms with Gasteiger partial charge in [0.1, 0.15) is 11.5 Å². The molecule has 0 saturated heterocycles. The first-order chi connectivity index (χ1) is 22.3. The van der Waals surface area contributed by atoms with Crippen molar-refractivity contribution in [3.8, 4) is 11.5 Å². The van der Waals surface area contributed by atoms with Crippen molar-refractivity contribution >= 4 is 66.9 Å². The number of benzene rings is 8. The molecule has 0 unspecified atom stereocenters. The van der Waals surface area contributed by atoms with Gasteiger partial charge in [0.05, 0.1) is 11.4 Å². The van der Waals surface area contributed by atoms with Crippen LogP contribution >= 0.6 is 0 Å². The summed E-state index contributed by atoms with van der Waals surface area (Å²) in [6.07, 6.45) is 3.95. The Morgan fingerprint density at radius 1 is 0.356 bits per heavy atom. The van der Waals surface area contributed by atoms with Gasteiger partial charge in [0.15, 0.2) is 0 Å². The molecule has 8 rings (SSSR count). The van der Waals surface area contributed by atoms with Crippen LogP contribution in [0.1, 0.15) is 11.1 Å². The van der Waals surface area contributed by atoms with Crippen molar-refractivity contribution in [3.63, 3.8) is 0 Å². The van der Waals surface area contributed by atoms with E-state index in [2.05, 4.69) is 109 Å². The van der Waals surface area contributed by atoms with Gasteiger partial charge in [-0.25, -0.2) is 0 Å². The Morgan fingerprint density at radius 2 is 0.667 bits per heavy atom. The fourth-order valence-electron chi connectivity index (χ4n) is 5.99. The molecule has 3 nitrogen and oxygen atoms in total. The Balaban J connectivity index is 1.00. The monoisotopic (exact) mass is 576 g/mol. The molecule has 0 atom stereocenters. The number of aliphatic imine (C=N–C) groups is 2. The number of ether oxygens (including phenoxy) is 1. The number of hydrogen-bond acceptors (Lipinski definition) is 3. The van der Waals surface area contributed by atoms with Crippen LogP contribution in [0.3, 0.4) is 0 Å². The Morgan fingerprint density at radius 3 is 1.00 bits per heavy atom. The molecule has 0 bridgehead atoms. The SMILES string of the molecule is C(=Nc1ccc(Oc2ccc(N=Cc3c4ccccc4cc4ccccc34)cc2)cc1)c1c2ccccc2cc2ccccc12. The molecule has 3 heteroatoms. The lowest BCUT2D eigenvalue weighted by Crippen LogP contribution is -1.88. The molecular weight excluding hydrogens is 548 g/mol. The summed E-state index contributed by atoms with van der Waals surface area (Å²) < 4.78 is 6.14. The third-order valence-corrected chi connectivity index (χ3v) is 8.22. The van der Waals surface area contributed by atoms with Crippen LogP contribution in [0, 0.1) is 0 Å². The maximum Gasteiger partial charge on any atom is 0.127 e. The van der Waals surface area contributed by atoms with E-state index in [1.54, 1.807) is 0 Å². The van der Waals surface area contributed by atoms with E-state index in [0.29, 0.717) is 0 Å². The van der Waals surface area contributed by atoms with Gasteiger partial charge in [0.25, 0.3) is 0 Å². The van der Waals surface area contributed by atoms with E-state index < -0.39 is 0 Å². The van der Waals surface area contributed by atoms with E-state index >= 15 is 0 Å². The van der Waals surface area contributed by atoms with E-state index in [0.717, 1.165) is 34.0 Å². The first kappa shape index (κ1) is 26.6. The molecule has 0 aromatic heterocycles. The summed E-state index contributed by atoms with van der Waals surface area (Å²) in [7, 11) is 0. The predicted molar refractivity (Wildman–Crippen MR) is 190 cm³/mol. The van der Waals surface area contributed by atoms with Gasteiger partial charge in [-0.1, -0.05) is 97.1 Å². The molecular formula is C42H28N2O. The molecule has 0 radical (unpaired) electrons. The zero-order valence-corrected chi connectivity index (χ0v) is 24.5. The maximum atomic E-state index is 6.14. The molecule has 0 aliphatic rings. The third kappa shape index (κ3) is 5.32. The van der Waals surface area contributed by atoms with Crippen LogP contribution in [-0.2, 0) is 0 Å². The summed E-state index contributed by atoms with van der Waals surface area (Å²) in [4.78, 5) is 9.65. The summed E-state index contributed by atoms with van der Waals surface area (Å²) in [5, 5.41) is 9.60. The lowest BCUT2D eigenvalue weighted by molar-refractivity contribution is 0.483. The Hall–Kier alpha value is -6.06. The van der Waals surface area contributed by atoms with Crippen LogP contribution < -0.4 is 4.74 Å². The van der Waals surface area contributed by atoms with Crippen molar-refractivity contribution in [3.05, 3.63) is 169 Å². The molecule has 0 amide bonds. The number of rotatable bonds is 6. The van der Waals surface area contributed by atoms with Crippen molar-refractivity contribution in [1.82, 2.24) is 0 Å². The summed E-state index contributed by atoms with van der Waals surface area (Å²) in [6.45, 7) is 0. The second kappa shape index (κ2) is 11.6. The number of nitrogens with zero attached hydrogens (tertiary/aromatic N) is 2. The third-order valence-electron chi connectivity index (χ3n) is 8.22. The zero-order chi connectivity index (χ0) is 30.0. The minimum absolute atomic E-state index is 0.753. The van der Waals surface area contributed by atoms with Crippen LogP contribution in [0.4, 0.5) is 11.4 Å². The average molecular weight is 577 g/mol. The highest BCUT2D eigenvalue weighted by Gasteiger charge is 2.07. The van der Waals surface area contributed by atoms with Crippen LogP contribution in [0.5, 0.6) is 11.5 Å². The predicted octanol–water partition coefficient (Wildman–Crippen LogP) is 11.6. The van der Waals surface area contributed by atoms with Crippen LogP contribution in [0.2, 0.25) is 0 Å². The number of hydrogen-bond donors (Lipinski definition) is 0. The van der Waals surface area contributed by atoms with Crippen LogP contribution in [-0.4, -0.2) is 12.4 Å². The maximum absolute atomic E-state index is 6.14. The van der Waals surface area contributed by atoms with Gasteiger partial charge in [0, 0.05) is 23.6 Å². The van der Waals surface area contributed by atoms with Crippen LogP contribution in [0.15, 0.2) is 168 Å². The standard InChI is InChI=1S/C42H28N2O/c1-5-13-37-29(9-1)25-30-10-2-6-14-38(30)41(37)27-43-33-17-21-35(22-18-33)45-36-23-19-34(20-24-36)44-28-42-39-15-7-3-11-31(39)26-32-12-4-8-16-40(32)42/h1-28H. The molecule has 0 heterocycles. The van der Waals surface area contributed by atoms with Crippen molar-refractivity contribution in [2.24, 2.45) is 9.98 Å². The molecule has 0 fully saturated rings. The second-order valence-corrected chi connectivity index (χ2v) is 11.1. The Kier molecular flexibility index (Phi) is 6.82. The van der Waals surface area contributed by atoms with E-state index in [1.165, 1.54) is 43.1 Å². The number of fused-ring (bicyclic) bond motifs is 4. The quantitative estimate of drug-likeness (QED) is 0.143. The molecule has 0 aliphatic heterocycles. The lowest BCUT2D eigenvalue weighted by Gasteiger charge is -2.08. The smallest absolute Gasteiger partial charge is 0.127 e. The van der Waals surface area contributed by atoms with Gasteiger partial charge in [0.2, 0.25) is 0 Å². The minimum Gasteiger partial charge on any atom is -0.457 e. The molecule has 0 saturated carbocycles. The summed E-state index contributed by atoms with van der Waals surface area (Å²) >= 11 is 0. The highest BCUT2D eigenvalue weighted by Crippen LogP contribution is 2.31. The normalized spacial score (nSPS) is 11.8. The molecule has 8 aromatic rings. The lowest BCUT2D eigenvalue weighted by atomic mass is 9.97. The molecule has 0 N–H and O–H groups in total. The van der Waals surface area contributed by atoms with Gasteiger partial charge in [-0.3, -0.25) is 9.98 Å². The summed E-state index contributed by atoms with van der Waals surface area (Å²) in [6, 6.07) is 54.0. The van der Waals surface area contributed by atoms with Crippen molar-refractivity contribution in [2.45, 2.75) is 0 Å². The first-order valence-electron chi connectivity index (χ1n) is 15.1. The Labute approximate surface area is 261 Å². The van der Waals surface area contributed by atoms with Gasteiger partial charge in [-0.2, -0.15) is 0 Å². The average Bonchev–Trinajstić information content (AvgIpc) is 3.10. The Bertz CT molecular complexity index is 2110. The summed E-state index contributed by atoms with van der Waals surface area (Å²) in [5.41, 5.74) is 3.98. The van der Waals surface area contributed by atoms with Crippen molar-refractivity contribution in [2.75, 3.05) is 0 Å². The molecule has 8 aromatic carbocycles. The van der Waals surface area contributed by atoms with Crippen molar-refractivity contribution < 1.29 is 4.74 Å². The molecule has 0 aliphatic carbocycles. The van der Waals surface area contributed by atoms with Crippen LogP contribution in [0.25, 0.3) is 43.1 Å². The molecule has 45 heavy (non-hydrogen) atoms. The zero-order valence-electron chi connectivity index (χ0n) is 24.5.